The highest BCUT2D eigenvalue weighted by molar-refractivity contribution is 7.08. The van der Waals surface area contributed by atoms with E-state index in [1.807, 2.05) is 70.9 Å². The van der Waals surface area contributed by atoms with Crippen LogP contribution in [-0.4, -0.2) is 33.5 Å². The zero-order valence-electron chi connectivity index (χ0n) is 17.8. The van der Waals surface area contributed by atoms with E-state index in [-0.39, 0.29) is 11.9 Å². The maximum Gasteiger partial charge on any atom is 0.240 e. The molecule has 160 valence electrons. The van der Waals surface area contributed by atoms with Gasteiger partial charge in [-0.05, 0) is 35.7 Å². The van der Waals surface area contributed by atoms with E-state index in [9.17, 15) is 4.79 Å². The van der Waals surface area contributed by atoms with Gasteiger partial charge in [0.15, 0.2) is 0 Å². The number of hydrogen-bond donors (Lipinski definition) is 0. The van der Waals surface area contributed by atoms with E-state index in [2.05, 4.69) is 11.4 Å². The first-order valence-corrected chi connectivity index (χ1v) is 11.3. The second kappa shape index (κ2) is 8.43. The summed E-state index contributed by atoms with van der Waals surface area (Å²) >= 11 is 1.63. The highest BCUT2D eigenvalue weighted by Crippen LogP contribution is 2.39. The van der Waals surface area contributed by atoms with E-state index in [0.717, 1.165) is 39.5 Å². The van der Waals surface area contributed by atoms with Crippen LogP contribution < -0.4 is 4.74 Å². The summed E-state index contributed by atoms with van der Waals surface area (Å²) in [6.45, 7) is 1.55. The third-order valence-electron chi connectivity index (χ3n) is 5.57. The highest BCUT2D eigenvalue weighted by atomic mass is 32.1. The molecule has 3 heterocycles. The molecule has 0 fully saturated rings. The lowest BCUT2D eigenvalue weighted by Gasteiger charge is -2.20. The molecule has 5 rings (SSSR count). The number of aromatic nitrogens is 2. The molecule has 0 radical (unpaired) electrons. The van der Waals surface area contributed by atoms with Crippen LogP contribution in [-0.2, 0) is 4.79 Å². The molecule has 0 N–H and O–H groups in total. The number of hydrazone groups is 1. The lowest BCUT2D eigenvalue weighted by atomic mass is 9.97. The van der Waals surface area contributed by atoms with Crippen molar-refractivity contribution in [3.8, 4) is 22.7 Å². The van der Waals surface area contributed by atoms with Crippen LogP contribution in [0.4, 0.5) is 0 Å². The van der Waals surface area contributed by atoms with Crippen molar-refractivity contribution in [2.45, 2.75) is 19.4 Å². The predicted octanol–water partition coefficient (Wildman–Crippen LogP) is 5.31. The van der Waals surface area contributed by atoms with Crippen LogP contribution >= 0.6 is 11.3 Å². The number of ether oxygens (including phenoxy) is 1. The van der Waals surface area contributed by atoms with Gasteiger partial charge in [0.25, 0.3) is 0 Å². The van der Waals surface area contributed by atoms with Gasteiger partial charge in [0.2, 0.25) is 5.91 Å². The molecule has 1 atom stereocenters. The van der Waals surface area contributed by atoms with E-state index in [4.69, 9.17) is 14.9 Å². The number of benzene rings is 2. The Hall–Kier alpha value is -3.71. The van der Waals surface area contributed by atoms with Gasteiger partial charge in [-0.2, -0.15) is 21.5 Å². The maximum atomic E-state index is 12.6. The quantitative estimate of drug-likeness (QED) is 0.421. The van der Waals surface area contributed by atoms with E-state index in [1.165, 1.54) is 0 Å². The van der Waals surface area contributed by atoms with Crippen molar-refractivity contribution >= 4 is 23.0 Å². The fourth-order valence-corrected chi connectivity index (χ4v) is 4.70. The van der Waals surface area contributed by atoms with Gasteiger partial charge < -0.3 is 4.74 Å². The summed E-state index contributed by atoms with van der Waals surface area (Å²) in [7, 11) is 1.65. The van der Waals surface area contributed by atoms with E-state index in [1.54, 1.807) is 30.4 Å². The minimum Gasteiger partial charge on any atom is -0.496 e. The van der Waals surface area contributed by atoms with Gasteiger partial charge in [-0.3, -0.25) is 4.79 Å². The minimum atomic E-state index is -0.250. The molecule has 0 bridgehead atoms. The molecule has 2 aromatic carbocycles. The highest BCUT2D eigenvalue weighted by Gasteiger charge is 2.35. The minimum absolute atomic E-state index is 0.108. The molecular formula is C25H22N4O2S. The first-order chi connectivity index (χ1) is 15.7. The number of amides is 1. The Morgan fingerprint density at radius 2 is 1.88 bits per heavy atom. The Morgan fingerprint density at radius 3 is 2.59 bits per heavy atom. The third kappa shape index (κ3) is 3.61. The number of hydrogen-bond acceptors (Lipinski definition) is 5. The zero-order valence-corrected chi connectivity index (χ0v) is 18.6. The first kappa shape index (κ1) is 20.2. The fraction of sp³-hybridized carbons (Fsp3) is 0.160. The summed E-state index contributed by atoms with van der Waals surface area (Å²) in [5, 5.41) is 15.3. The van der Waals surface area contributed by atoms with Crippen LogP contribution in [0.15, 0.2) is 82.7 Å². The lowest BCUT2D eigenvalue weighted by Crippen LogP contribution is -2.24. The van der Waals surface area contributed by atoms with Gasteiger partial charge in [-0.1, -0.05) is 30.3 Å². The largest absolute Gasteiger partial charge is 0.496 e. The molecular weight excluding hydrogens is 420 g/mol. The van der Waals surface area contributed by atoms with Gasteiger partial charge in [0.05, 0.1) is 30.2 Å². The molecule has 4 aromatic rings. The molecule has 0 aliphatic carbocycles. The molecule has 7 heteroatoms. The SMILES string of the molecule is COc1ccccc1C1=NN(C(C)=O)[C@H](c2cn(-c3ccccc3)nc2-c2ccsc2)C1. The molecule has 1 amide bonds. The number of carbonyl (C=O) groups excluding carboxylic acids is 1. The summed E-state index contributed by atoms with van der Waals surface area (Å²) in [5.41, 5.74) is 5.56. The van der Waals surface area contributed by atoms with Crippen molar-refractivity contribution in [2.24, 2.45) is 5.10 Å². The molecule has 2 aromatic heterocycles. The van der Waals surface area contributed by atoms with Gasteiger partial charge in [-0.15, -0.1) is 0 Å². The average Bonchev–Trinajstić information content (AvgIpc) is 3.58. The monoisotopic (exact) mass is 442 g/mol. The van der Waals surface area contributed by atoms with Crippen LogP contribution in [0.1, 0.15) is 30.5 Å². The zero-order chi connectivity index (χ0) is 22.1. The summed E-state index contributed by atoms with van der Waals surface area (Å²) < 4.78 is 7.42. The number of para-hydroxylation sites is 2. The number of carbonyl (C=O) groups is 1. The maximum absolute atomic E-state index is 12.6. The second-order valence-electron chi connectivity index (χ2n) is 7.56. The van der Waals surface area contributed by atoms with E-state index < -0.39 is 0 Å². The van der Waals surface area contributed by atoms with Crippen LogP contribution in [0, 0.1) is 0 Å². The Bertz CT molecular complexity index is 1280. The normalized spacial score (nSPS) is 15.6. The molecule has 1 aliphatic rings. The standard InChI is InChI=1S/C25H22N4O2S/c1-17(30)29-23(14-22(26-29)20-10-6-7-11-24(20)31-2)21-15-28(19-8-4-3-5-9-19)27-25(21)18-12-13-32-16-18/h3-13,15-16,23H,14H2,1-2H3/t23-/m0/s1. The smallest absolute Gasteiger partial charge is 0.240 e. The number of rotatable bonds is 5. The summed E-state index contributed by atoms with van der Waals surface area (Å²) in [6, 6.07) is 19.6. The first-order valence-electron chi connectivity index (χ1n) is 10.3. The predicted molar refractivity (Wildman–Crippen MR) is 126 cm³/mol. The second-order valence-corrected chi connectivity index (χ2v) is 8.34. The molecule has 0 unspecified atom stereocenters. The number of methoxy groups -OCH3 is 1. The molecule has 32 heavy (non-hydrogen) atoms. The summed E-state index contributed by atoms with van der Waals surface area (Å²) in [6.07, 6.45) is 2.60. The van der Waals surface area contributed by atoms with Crippen molar-refractivity contribution in [1.29, 1.82) is 0 Å². The Morgan fingerprint density at radius 1 is 1.09 bits per heavy atom. The van der Waals surface area contributed by atoms with Gasteiger partial charge in [0.1, 0.15) is 5.75 Å². The van der Waals surface area contributed by atoms with Gasteiger partial charge in [-0.25, -0.2) is 9.69 Å². The molecule has 1 aliphatic heterocycles. The summed E-state index contributed by atoms with van der Waals surface area (Å²) in [4.78, 5) is 12.6. The topological polar surface area (TPSA) is 59.7 Å². The van der Waals surface area contributed by atoms with Crippen molar-refractivity contribution in [1.82, 2.24) is 14.8 Å². The molecule has 0 saturated carbocycles. The summed E-state index contributed by atoms with van der Waals surface area (Å²) in [5.74, 6) is 0.636. The van der Waals surface area contributed by atoms with Crippen LogP contribution in [0.5, 0.6) is 5.75 Å². The van der Waals surface area contributed by atoms with Crippen molar-refractivity contribution < 1.29 is 9.53 Å². The number of nitrogens with zero attached hydrogens (tertiary/aromatic N) is 4. The fourth-order valence-electron chi connectivity index (χ4n) is 4.06. The molecule has 6 nitrogen and oxygen atoms in total. The van der Waals surface area contributed by atoms with Gasteiger partial charge in [0, 0.05) is 41.6 Å². The Kier molecular flexibility index (Phi) is 5.33. The van der Waals surface area contributed by atoms with E-state index in [0.29, 0.717) is 6.42 Å². The third-order valence-corrected chi connectivity index (χ3v) is 6.25. The van der Waals surface area contributed by atoms with E-state index >= 15 is 0 Å². The van der Waals surface area contributed by atoms with Crippen molar-refractivity contribution in [2.75, 3.05) is 7.11 Å². The molecule has 0 spiro atoms. The molecule has 0 saturated heterocycles. The van der Waals surface area contributed by atoms with Gasteiger partial charge >= 0.3 is 0 Å². The average molecular weight is 443 g/mol. The van der Waals surface area contributed by atoms with Crippen LogP contribution in [0.2, 0.25) is 0 Å². The Labute approximate surface area is 190 Å². The van der Waals surface area contributed by atoms with Crippen LogP contribution in [0.25, 0.3) is 16.9 Å². The number of thiophene rings is 1. The van der Waals surface area contributed by atoms with Crippen molar-refractivity contribution in [3.05, 3.63) is 88.7 Å². The Balaban J connectivity index is 1.60. The van der Waals surface area contributed by atoms with Crippen LogP contribution in [0.3, 0.4) is 0 Å². The van der Waals surface area contributed by atoms with Crippen molar-refractivity contribution in [3.63, 3.8) is 0 Å². The lowest BCUT2D eigenvalue weighted by molar-refractivity contribution is -0.130.